The molecule has 0 radical (unpaired) electrons. The largest absolute Gasteiger partial charge is 0.504 e. The van der Waals surface area contributed by atoms with Gasteiger partial charge >= 0.3 is 0 Å². The minimum atomic E-state index is -0.437. The molecule has 2 fully saturated rings. The lowest BCUT2D eigenvalue weighted by molar-refractivity contribution is 0.0407. The molecule has 0 aliphatic heterocycles. The summed E-state index contributed by atoms with van der Waals surface area (Å²) < 4.78 is 5.45. The summed E-state index contributed by atoms with van der Waals surface area (Å²) in [6, 6.07) is 10.2. The van der Waals surface area contributed by atoms with Crippen molar-refractivity contribution in [2.45, 2.75) is 64.0 Å². The minimum absolute atomic E-state index is 0.227. The Bertz CT molecular complexity index is 990. The molecule has 31 heavy (non-hydrogen) atoms. The van der Waals surface area contributed by atoms with Gasteiger partial charge in [-0.05, 0) is 91.0 Å². The van der Waals surface area contributed by atoms with Gasteiger partial charge in [0.1, 0.15) is 5.75 Å². The van der Waals surface area contributed by atoms with E-state index in [1.165, 1.54) is 37.3 Å². The number of nitrogens with one attached hydrogen (secondary N) is 1. The van der Waals surface area contributed by atoms with E-state index in [0.717, 1.165) is 24.5 Å². The molecule has 4 N–H and O–H groups in total. The molecule has 2 saturated carbocycles. The van der Waals surface area contributed by atoms with Crippen molar-refractivity contribution in [2.24, 2.45) is 17.3 Å². The maximum absolute atomic E-state index is 10.2. The van der Waals surface area contributed by atoms with Crippen LogP contribution < -0.4 is 10.1 Å². The number of aromatic hydroxyl groups is 3. The fourth-order valence-electron chi connectivity index (χ4n) is 7.01. The Kier molecular flexibility index (Phi) is 5.04. The molecule has 0 spiro atoms. The van der Waals surface area contributed by atoms with E-state index in [-0.39, 0.29) is 16.9 Å². The van der Waals surface area contributed by atoms with Crippen LogP contribution >= 0.6 is 0 Å². The van der Waals surface area contributed by atoms with Crippen LogP contribution in [0.2, 0.25) is 0 Å². The van der Waals surface area contributed by atoms with E-state index < -0.39 is 5.75 Å². The minimum Gasteiger partial charge on any atom is -0.504 e. The lowest BCUT2D eigenvalue weighted by Crippen LogP contribution is -2.48. The fraction of sp³-hybridized carbons (Fsp3) is 0.538. The van der Waals surface area contributed by atoms with Gasteiger partial charge in [-0.25, -0.2) is 0 Å². The summed E-state index contributed by atoms with van der Waals surface area (Å²) in [6.07, 6.45) is 7.21. The number of phenolic OH excluding ortho intramolecular Hbond substituents is 3. The highest BCUT2D eigenvalue weighted by molar-refractivity contribution is 5.53. The monoisotopic (exact) mass is 423 g/mol. The van der Waals surface area contributed by atoms with Gasteiger partial charge < -0.3 is 25.4 Å². The Morgan fingerprint density at radius 2 is 1.87 bits per heavy atom. The average Bonchev–Trinajstić information content (AvgIpc) is 3.12. The molecule has 5 heteroatoms. The van der Waals surface area contributed by atoms with Crippen molar-refractivity contribution in [3.05, 3.63) is 47.0 Å². The molecule has 3 aliphatic carbocycles. The molecular weight excluding hydrogens is 390 g/mol. The number of rotatable bonds is 4. The van der Waals surface area contributed by atoms with Crippen LogP contribution in [-0.2, 0) is 13.0 Å². The van der Waals surface area contributed by atoms with Crippen LogP contribution in [0, 0.1) is 17.3 Å². The molecule has 3 aliphatic rings. The number of methoxy groups -OCH3 is 1. The van der Waals surface area contributed by atoms with E-state index in [1.807, 2.05) is 0 Å². The maximum Gasteiger partial charge on any atom is 0.200 e. The van der Waals surface area contributed by atoms with Crippen molar-refractivity contribution in [3.8, 4) is 23.0 Å². The zero-order chi connectivity index (χ0) is 21.8. The van der Waals surface area contributed by atoms with Gasteiger partial charge in [0.05, 0.1) is 7.11 Å². The molecule has 2 aromatic rings. The van der Waals surface area contributed by atoms with Gasteiger partial charge in [-0.2, -0.15) is 0 Å². The van der Waals surface area contributed by atoms with Crippen molar-refractivity contribution < 1.29 is 20.1 Å². The number of aryl methyl sites for hydroxylation is 1. The predicted molar refractivity (Wildman–Crippen MR) is 120 cm³/mol. The molecule has 0 unspecified atom stereocenters. The first-order valence-corrected chi connectivity index (χ1v) is 11.6. The fourth-order valence-corrected chi connectivity index (χ4v) is 7.01. The molecule has 2 aromatic carbocycles. The van der Waals surface area contributed by atoms with Gasteiger partial charge in [0, 0.05) is 18.2 Å². The Morgan fingerprint density at radius 3 is 2.68 bits per heavy atom. The number of phenols is 3. The maximum atomic E-state index is 10.2. The molecule has 0 heterocycles. The van der Waals surface area contributed by atoms with Crippen LogP contribution in [0.25, 0.3) is 0 Å². The second-order valence-electron chi connectivity index (χ2n) is 9.98. The highest BCUT2D eigenvalue weighted by Crippen LogP contribution is 2.61. The topological polar surface area (TPSA) is 82.0 Å². The normalized spacial score (nSPS) is 31.5. The van der Waals surface area contributed by atoms with Gasteiger partial charge in [0.15, 0.2) is 11.5 Å². The molecule has 166 valence electrons. The van der Waals surface area contributed by atoms with Crippen molar-refractivity contribution in [1.82, 2.24) is 5.32 Å². The summed E-state index contributed by atoms with van der Waals surface area (Å²) >= 11 is 0. The van der Waals surface area contributed by atoms with Gasteiger partial charge in [-0.3, -0.25) is 0 Å². The van der Waals surface area contributed by atoms with Crippen LogP contribution in [0.4, 0.5) is 0 Å². The van der Waals surface area contributed by atoms with Crippen molar-refractivity contribution in [1.29, 1.82) is 0 Å². The molecule has 5 rings (SSSR count). The average molecular weight is 424 g/mol. The number of ether oxygens (including phenoxy) is 1. The lowest BCUT2D eigenvalue weighted by Gasteiger charge is -2.51. The smallest absolute Gasteiger partial charge is 0.200 e. The Labute approximate surface area is 184 Å². The van der Waals surface area contributed by atoms with Crippen LogP contribution in [0.5, 0.6) is 23.0 Å². The summed E-state index contributed by atoms with van der Waals surface area (Å²) in [4.78, 5) is 0. The van der Waals surface area contributed by atoms with Gasteiger partial charge in [0.25, 0.3) is 0 Å². The van der Waals surface area contributed by atoms with E-state index in [9.17, 15) is 15.3 Å². The van der Waals surface area contributed by atoms with Crippen molar-refractivity contribution in [3.63, 3.8) is 0 Å². The van der Waals surface area contributed by atoms with E-state index in [1.54, 1.807) is 18.7 Å². The Hall–Kier alpha value is -2.40. The van der Waals surface area contributed by atoms with Crippen molar-refractivity contribution in [2.75, 3.05) is 7.11 Å². The first-order chi connectivity index (χ1) is 14.9. The Morgan fingerprint density at radius 1 is 1.03 bits per heavy atom. The number of benzene rings is 2. The summed E-state index contributed by atoms with van der Waals surface area (Å²) in [5.41, 5.74) is 3.88. The van der Waals surface area contributed by atoms with Gasteiger partial charge in [-0.1, -0.05) is 19.1 Å². The highest BCUT2D eigenvalue weighted by atomic mass is 16.5. The third kappa shape index (κ3) is 3.25. The second-order valence-corrected chi connectivity index (χ2v) is 9.98. The van der Waals surface area contributed by atoms with E-state index in [0.29, 0.717) is 30.0 Å². The summed E-state index contributed by atoms with van der Waals surface area (Å²) in [5, 5.41) is 33.3. The van der Waals surface area contributed by atoms with Gasteiger partial charge in [0.2, 0.25) is 5.75 Å². The van der Waals surface area contributed by atoms with E-state index in [2.05, 4.69) is 30.4 Å². The third-order valence-electron chi connectivity index (χ3n) is 8.69. The zero-order valence-electron chi connectivity index (χ0n) is 18.4. The summed E-state index contributed by atoms with van der Waals surface area (Å²) in [6.45, 7) is 2.94. The quantitative estimate of drug-likeness (QED) is 0.530. The predicted octanol–water partition coefficient (Wildman–Crippen LogP) is 4.83. The molecule has 0 aromatic heterocycles. The lowest BCUT2D eigenvalue weighted by atomic mass is 9.55. The standard InChI is InChI=1S/C26H33NO4/c1-26-12-11-19-18-7-5-17(31-2)13-15(18)3-6-20(19)21(26)8-10-23(26)27-14-16-4-9-22(28)25(30)24(16)29/h4-5,7,9,13,19-21,23,27-30H,3,6,8,10-12,14H2,1-2H3/t19-,20-,21+,23+,26+/m1/s1. The molecule has 0 bridgehead atoms. The first kappa shape index (κ1) is 20.5. The molecule has 5 atom stereocenters. The number of hydrogen-bond donors (Lipinski definition) is 4. The molecule has 0 amide bonds. The first-order valence-electron chi connectivity index (χ1n) is 11.6. The van der Waals surface area contributed by atoms with Crippen molar-refractivity contribution >= 4 is 0 Å². The zero-order valence-corrected chi connectivity index (χ0v) is 18.4. The van der Waals surface area contributed by atoms with E-state index in [4.69, 9.17) is 4.74 Å². The van der Waals surface area contributed by atoms with Gasteiger partial charge in [-0.15, -0.1) is 0 Å². The summed E-state index contributed by atoms with van der Waals surface area (Å²) in [7, 11) is 1.74. The van der Waals surface area contributed by atoms with Crippen LogP contribution in [0.3, 0.4) is 0 Å². The van der Waals surface area contributed by atoms with Crippen LogP contribution in [0.15, 0.2) is 30.3 Å². The number of hydrogen-bond acceptors (Lipinski definition) is 5. The van der Waals surface area contributed by atoms with E-state index >= 15 is 0 Å². The summed E-state index contributed by atoms with van der Waals surface area (Å²) in [5.74, 6) is 2.11. The SMILES string of the molecule is COc1ccc2c(c1)CC[C@@H]1[C@@H]2CC[C@]2(C)[C@@H](NCc3ccc(O)c(O)c3O)CC[C@@H]12. The van der Waals surface area contributed by atoms with Crippen LogP contribution in [0.1, 0.15) is 61.6 Å². The molecule has 0 saturated heterocycles. The van der Waals surface area contributed by atoms with Crippen LogP contribution in [-0.4, -0.2) is 28.5 Å². The Balaban J connectivity index is 1.33. The molecular formula is C26H33NO4. The second kappa shape index (κ2) is 7.63. The molecule has 5 nitrogen and oxygen atoms in total. The number of fused-ring (bicyclic) bond motifs is 5. The highest BCUT2D eigenvalue weighted by Gasteiger charge is 2.54. The third-order valence-corrected chi connectivity index (χ3v) is 8.69.